The summed E-state index contributed by atoms with van der Waals surface area (Å²) < 4.78 is 0. The summed E-state index contributed by atoms with van der Waals surface area (Å²) in [6.07, 6.45) is 8.84. The number of benzene rings is 1. The lowest BCUT2D eigenvalue weighted by Crippen LogP contribution is -2.43. The fourth-order valence-corrected chi connectivity index (χ4v) is 4.73. The molecule has 2 aromatic rings. The highest BCUT2D eigenvalue weighted by Crippen LogP contribution is 2.24. The molecular formula is C26H36N4O. The Morgan fingerprint density at radius 2 is 1.74 bits per heavy atom. The molecule has 5 heteroatoms. The van der Waals surface area contributed by atoms with Crippen molar-refractivity contribution in [2.45, 2.75) is 52.1 Å². The van der Waals surface area contributed by atoms with Crippen molar-refractivity contribution < 1.29 is 4.79 Å². The second kappa shape index (κ2) is 10.4. The minimum atomic E-state index is -0.0583. The van der Waals surface area contributed by atoms with Crippen LogP contribution in [-0.4, -0.2) is 59.5 Å². The third kappa shape index (κ3) is 5.92. The van der Waals surface area contributed by atoms with Crippen LogP contribution in [0.25, 0.3) is 11.1 Å². The van der Waals surface area contributed by atoms with E-state index < -0.39 is 0 Å². The lowest BCUT2D eigenvalue weighted by Gasteiger charge is -2.36. The van der Waals surface area contributed by atoms with Crippen LogP contribution in [0.3, 0.4) is 0 Å². The molecule has 2 aliphatic rings. The number of rotatable bonds is 7. The minimum Gasteiger partial charge on any atom is -0.352 e. The number of carbonyl (C=O) groups is 1. The zero-order valence-corrected chi connectivity index (χ0v) is 19.0. The second-order valence-electron chi connectivity index (χ2n) is 9.51. The number of hydrogen-bond acceptors (Lipinski definition) is 4. The van der Waals surface area contributed by atoms with Crippen molar-refractivity contribution in [1.82, 2.24) is 20.1 Å². The van der Waals surface area contributed by atoms with Crippen LogP contribution < -0.4 is 5.32 Å². The van der Waals surface area contributed by atoms with E-state index in [1.807, 2.05) is 12.3 Å². The third-order valence-corrected chi connectivity index (χ3v) is 6.58. The molecule has 2 saturated heterocycles. The van der Waals surface area contributed by atoms with Crippen LogP contribution in [0.15, 0.2) is 42.7 Å². The highest BCUT2D eigenvalue weighted by molar-refractivity contribution is 5.95. The first-order chi connectivity index (χ1) is 15.1. The zero-order chi connectivity index (χ0) is 21.6. The van der Waals surface area contributed by atoms with Gasteiger partial charge < -0.3 is 10.2 Å². The van der Waals surface area contributed by atoms with Gasteiger partial charge in [0.1, 0.15) is 0 Å². The molecule has 31 heavy (non-hydrogen) atoms. The number of piperidine rings is 1. The van der Waals surface area contributed by atoms with E-state index in [1.165, 1.54) is 57.4 Å². The molecule has 0 radical (unpaired) electrons. The average molecular weight is 421 g/mol. The Bertz CT molecular complexity index is 850. The normalized spacial score (nSPS) is 18.5. The molecule has 0 atom stereocenters. The van der Waals surface area contributed by atoms with Gasteiger partial charge in [-0.25, -0.2) is 0 Å². The maximum atomic E-state index is 12.4. The van der Waals surface area contributed by atoms with Gasteiger partial charge in [-0.1, -0.05) is 38.1 Å². The van der Waals surface area contributed by atoms with Crippen molar-refractivity contribution in [2.24, 2.45) is 5.92 Å². The Labute approximate surface area is 186 Å². The van der Waals surface area contributed by atoms with E-state index >= 15 is 0 Å². The summed E-state index contributed by atoms with van der Waals surface area (Å²) in [5, 5.41) is 2.97. The van der Waals surface area contributed by atoms with E-state index in [0.717, 1.165) is 23.7 Å². The van der Waals surface area contributed by atoms with Crippen LogP contribution in [0, 0.1) is 5.92 Å². The van der Waals surface area contributed by atoms with Gasteiger partial charge in [0.15, 0.2) is 0 Å². The molecule has 3 heterocycles. The Hall–Kier alpha value is -2.24. The number of aromatic nitrogens is 1. The van der Waals surface area contributed by atoms with Crippen molar-refractivity contribution in [1.29, 1.82) is 0 Å². The average Bonchev–Trinajstić information content (AvgIpc) is 3.33. The zero-order valence-electron chi connectivity index (χ0n) is 19.0. The van der Waals surface area contributed by atoms with Gasteiger partial charge in [-0.3, -0.25) is 14.7 Å². The van der Waals surface area contributed by atoms with Crippen molar-refractivity contribution in [3.8, 4) is 11.1 Å². The van der Waals surface area contributed by atoms with Gasteiger partial charge in [0.05, 0.1) is 5.56 Å². The lowest BCUT2D eigenvalue weighted by atomic mass is 10.0. The molecule has 166 valence electrons. The Kier molecular flexibility index (Phi) is 7.36. The molecule has 1 aromatic heterocycles. The van der Waals surface area contributed by atoms with Crippen molar-refractivity contribution in [3.63, 3.8) is 0 Å². The third-order valence-electron chi connectivity index (χ3n) is 6.58. The summed E-state index contributed by atoms with van der Waals surface area (Å²) in [5.74, 6) is 0.371. The van der Waals surface area contributed by atoms with Crippen molar-refractivity contribution >= 4 is 5.91 Å². The molecular weight excluding hydrogens is 384 g/mol. The summed E-state index contributed by atoms with van der Waals surface area (Å²) in [6, 6.07) is 11.5. The number of amides is 1. The first-order valence-electron chi connectivity index (χ1n) is 11.9. The molecule has 5 nitrogen and oxygen atoms in total. The lowest BCUT2D eigenvalue weighted by molar-refractivity contribution is 0.0948. The van der Waals surface area contributed by atoms with Crippen LogP contribution in [-0.2, 0) is 6.54 Å². The standard InChI is InChI=1S/C26H36N4O/c1-20(2)16-28-26(31)24-15-23(17-27-18-24)22-7-5-21(6-8-22)19-29-13-9-25(10-14-29)30-11-3-4-12-30/h5-8,15,17-18,20,25H,3-4,9-14,16,19H2,1-2H3,(H,28,31). The maximum absolute atomic E-state index is 12.4. The molecule has 0 bridgehead atoms. The summed E-state index contributed by atoms with van der Waals surface area (Å²) in [7, 11) is 0. The predicted octanol–water partition coefficient (Wildman–Crippen LogP) is 4.19. The highest BCUT2D eigenvalue weighted by atomic mass is 16.1. The van der Waals surface area contributed by atoms with Gasteiger partial charge in [0.25, 0.3) is 5.91 Å². The van der Waals surface area contributed by atoms with E-state index in [2.05, 4.69) is 58.2 Å². The van der Waals surface area contributed by atoms with Crippen LogP contribution in [0.4, 0.5) is 0 Å². The van der Waals surface area contributed by atoms with Crippen LogP contribution in [0.5, 0.6) is 0 Å². The van der Waals surface area contributed by atoms with Gasteiger partial charge in [0, 0.05) is 37.1 Å². The number of likely N-dealkylation sites (tertiary alicyclic amines) is 2. The van der Waals surface area contributed by atoms with Crippen molar-refractivity contribution in [2.75, 3.05) is 32.7 Å². The first-order valence-corrected chi connectivity index (χ1v) is 11.9. The molecule has 0 unspecified atom stereocenters. The van der Waals surface area contributed by atoms with Gasteiger partial charge >= 0.3 is 0 Å². The largest absolute Gasteiger partial charge is 0.352 e. The molecule has 1 aromatic carbocycles. The van der Waals surface area contributed by atoms with Gasteiger partial charge in [0.2, 0.25) is 0 Å². The monoisotopic (exact) mass is 420 g/mol. The van der Waals surface area contributed by atoms with E-state index in [0.29, 0.717) is 18.0 Å². The molecule has 1 amide bonds. The fourth-order valence-electron chi connectivity index (χ4n) is 4.73. The molecule has 1 N–H and O–H groups in total. The van der Waals surface area contributed by atoms with E-state index in [9.17, 15) is 4.79 Å². The van der Waals surface area contributed by atoms with E-state index in [-0.39, 0.29) is 5.91 Å². The summed E-state index contributed by atoms with van der Waals surface area (Å²) in [6.45, 7) is 10.9. The fraction of sp³-hybridized carbons (Fsp3) is 0.538. The maximum Gasteiger partial charge on any atom is 0.252 e. The number of carbonyl (C=O) groups excluding carboxylic acids is 1. The van der Waals surface area contributed by atoms with E-state index in [1.54, 1.807) is 6.20 Å². The molecule has 2 aliphatic heterocycles. The molecule has 2 fully saturated rings. The second-order valence-corrected chi connectivity index (χ2v) is 9.51. The number of nitrogens with zero attached hydrogens (tertiary/aromatic N) is 3. The number of pyridine rings is 1. The van der Waals surface area contributed by atoms with Gasteiger partial charge in [-0.05, 0) is 75.0 Å². The highest BCUT2D eigenvalue weighted by Gasteiger charge is 2.26. The summed E-state index contributed by atoms with van der Waals surface area (Å²) in [4.78, 5) is 21.9. The minimum absolute atomic E-state index is 0.0583. The Morgan fingerprint density at radius 1 is 1.03 bits per heavy atom. The smallest absolute Gasteiger partial charge is 0.252 e. The molecule has 4 rings (SSSR count). The molecule has 0 saturated carbocycles. The summed E-state index contributed by atoms with van der Waals surface area (Å²) in [5.41, 5.74) is 4.04. The Balaban J connectivity index is 1.32. The number of hydrogen-bond donors (Lipinski definition) is 1. The van der Waals surface area contributed by atoms with E-state index in [4.69, 9.17) is 0 Å². The predicted molar refractivity (Wildman–Crippen MR) is 126 cm³/mol. The molecule has 0 aliphatic carbocycles. The van der Waals surface area contributed by atoms with Crippen molar-refractivity contribution in [3.05, 3.63) is 53.9 Å². The van der Waals surface area contributed by atoms with Crippen LogP contribution in [0.1, 0.15) is 55.5 Å². The number of nitrogens with one attached hydrogen (secondary N) is 1. The van der Waals surface area contributed by atoms with Crippen LogP contribution >= 0.6 is 0 Å². The molecule has 0 spiro atoms. The quantitative estimate of drug-likeness (QED) is 0.730. The van der Waals surface area contributed by atoms with Gasteiger partial charge in [-0.2, -0.15) is 0 Å². The Morgan fingerprint density at radius 3 is 2.42 bits per heavy atom. The topological polar surface area (TPSA) is 48.5 Å². The SMILES string of the molecule is CC(C)CNC(=O)c1cncc(-c2ccc(CN3CCC(N4CCCC4)CC3)cc2)c1. The first kappa shape index (κ1) is 22.0. The van der Waals surface area contributed by atoms with Crippen LogP contribution in [0.2, 0.25) is 0 Å². The summed E-state index contributed by atoms with van der Waals surface area (Å²) >= 11 is 0. The van der Waals surface area contributed by atoms with Gasteiger partial charge in [-0.15, -0.1) is 0 Å².